The van der Waals surface area contributed by atoms with Crippen molar-refractivity contribution in [2.24, 2.45) is 11.8 Å². The molecule has 0 aliphatic rings. The Morgan fingerprint density at radius 3 is 2.00 bits per heavy atom. The topological polar surface area (TPSA) is 41.1 Å². The first-order valence-electron chi connectivity index (χ1n) is 7.02. The molecule has 1 aromatic rings. The van der Waals surface area contributed by atoms with Crippen LogP contribution in [0.3, 0.4) is 0 Å². The second-order valence-electron chi connectivity index (χ2n) is 5.88. The molecule has 0 atom stereocenters. The Morgan fingerprint density at radius 2 is 1.62 bits per heavy atom. The number of alkyl halides is 3. The number of aromatic nitrogens is 2. The van der Waals surface area contributed by atoms with Crippen LogP contribution < -0.4 is 10.2 Å². The highest BCUT2D eigenvalue weighted by Crippen LogP contribution is 2.30. The van der Waals surface area contributed by atoms with E-state index in [1.807, 2.05) is 32.6 Å². The van der Waals surface area contributed by atoms with E-state index in [4.69, 9.17) is 0 Å². The average Bonchev–Trinajstić information content (AvgIpc) is 2.35. The molecule has 0 unspecified atom stereocenters. The predicted molar refractivity (Wildman–Crippen MR) is 78.5 cm³/mol. The summed E-state index contributed by atoms with van der Waals surface area (Å²) < 4.78 is 38.8. The summed E-state index contributed by atoms with van der Waals surface area (Å²) in [4.78, 5) is 9.55. The number of hydrogen-bond donors (Lipinski definition) is 1. The minimum absolute atomic E-state index is 0.0164. The monoisotopic (exact) mass is 304 g/mol. The summed E-state index contributed by atoms with van der Waals surface area (Å²) in [5, 5.41) is 2.59. The number of nitrogens with one attached hydrogen (secondary N) is 1. The van der Waals surface area contributed by atoms with Crippen LogP contribution >= 0.6 is 0 Å². The van der Waals surface area contributed by atoms with Crippen molar-refractivity contribution in [1.29, 1.82) is 0 Å². The molecule has 1 N–H and O–H groups in total. The lowest BCUT2D eigenvalue weighted by Crippen LogP contribution is -2.32. The van der Waals surface area contributed by atoms with Crippen molar-refractivity contribution in [3.05, 3.63) is 11.8 Å². The van der Waals surface area contributed by atoms with Crippen LogP contribution in [0.5, 0.6) is 0 Å². The van der Waals surface area contributed by atoms with Gasteiger partial charge in [-0.3, -0.25) is 0 Å². The maximum Gasteiger partial charge on any atom is 0.433 e. The molecule has 1 heterocycles. The minimum Gasteiger partial charge on any atom is -0.357 e. The maximum absolute atomic E-state index is 12.9. The van der Waals surface area contributed by atoms with Crippen molar-refractivity contribution in [3.8, 4) is 0 Å². The zero-order chi connectivity index (χ0) is 16.2. The predicted octanol–water partition coefficient (Wildman–Crippen LogP) is 3.66. The highest BCUT2D eigenvalue weighted by atomic mass is 19.4. The van der Waals surface area contributed by atoms with E-state index < -0.39 is 11.9 Å². The summed E-state index contributed by atoms with van der Waals surface area (Å²) in [7, 11) is 1.51. The lowest BCUT2D eigenvalue weighted by Gasteiger charge is -2.28. The third-order valence-electron chi connectivity index (χ3n) is 2.72. The van der Waals surface area contributed by atoms with Gasteiger partial charge >= 0.3 is 6.18 Å². The summed E-state index contributed by atoms with van der Waals surface area (Å²) in [6, 6.07) is 1.02. The Balaban J connectivity index is 3.22. The van der Waals surface area contributed by atoms with E-state index in [-0.39, 0.29) is 5.95 Å². The number of halogens is 3. The Bertz CT molecular complexity index is 448. The van der Waals surface area contributed by atoms with Crippen LogP contribution in [0.25, 0.3) is 0 Å². The van der Waals surface area contributed by atoms with Crippen LogP contribution in [0, 0.1) is 11.8 Å². The number of hydrogen-bond acceptors (Lipinski definition) is 4. The fraction of sp³-hybridized carbons (Fsp3) is 0.714. The summed E-state index contributed by atoms with van der Waals surface area (Å²) >= 11 is 0. The molecule has 0 saturated carbocycles. The largest absolute Gasteiger partial charge is 0.433 e. The standard InChI is InChI=1S/C14H23F3N4/c1-9(2)7-21(8-10(3)4)12-6-11(14(15,16)17)19-13(18-5)20-12/h6,9-10H,7-8H2,1-5H3,(H,18,19,20). The molecule has 0 radical (unpaired) electrons. The Labute approximate surface area is 123 Å². The van der Waals surface area contributed by atoms with Gasteiger partial charge in [0.1, 0.15) is 5.82 Å². The summed E-state index contributed by atoms with van der Waals surface area (Å²) in [5.74, 6) is 0.943. The molecule has 0 aromatic carbocycles. The first kappa shape index (κ1) is 17.5. The van der Waals surface area contributed by atoms with E-state index in [2.05, 4.69) is 15.3 Å². The van der Waals surface area contributed by atoms with Crippen molar-refractivity contribution in [1.82, 2.24) is 9.97 Å². The van der Waals surface area contributed by atoms with E-state index >= 15 is 0 Å². The molecule has 7 heteroatoms. The molecule has 0 spiro atoms. The van der Waals surface area contributed by atoms with Crippen molar-refractivity contribution in [3.63, 3.8) is 0 Å². The van der Waals surface area contributed by atoms with Crippen molar-refractivity contribution in [2.75, 3.05) is 30.4 Å². The molecular formula is C14H23F3N4. The summed E-state index contributed by atoms with van der Waals surface area (Å²) in [6.45, 7) is 9.40. The zero-order valence-electron chi connectivity index (χ0n) is 13.1. The molecule has 0 fully saturated rings. The molecule has 0 aliphatic carbocycles. The van der Waals surface area contributed by atoms with Gasteiger partial charge in [0.15, 0.2) is 5.69 Å². The molecule has 1 aromatic heterocycles. The quantitative estimate of drug-likeness (QED) is 0.871. The molecule has 1 rings (SSSR count). The van der Waals surface area contributed by atoms with Gasteiger partial charge in [-0.15, -0.1) is 0 Å². The zero-order valence-corrected chi connectivity index (χ0v) is 13.1. The van der Waals surface area contributed by atoms with E-state index in [1.165, 1.54) is 7.05 Å². The normalized spacial score (nSPS) is 12.1. The molecule has 4 nitrogen and oxygen atoms in total. The van der Waals surface area contributed by atoms with Gasteiger partial charge in [-0.05, 0) is 11.8 Å². The Hall–Kier alpha value is -1.53. The third-order valence-corrected chi connectivity index (χ3v) is 2.72. The van der Waals surface area contributed by atoms with Crippen molar-refractivity contribution < 1.29 is 13.2 Å². The molecular weight excluding hydrogens is 281 g/mol. The van der Waals surface area contributed by atoms with E-state index in [0.29, 0.717) is 30.7 Å². The smallest absolute Gasteiger partial charge is 0.357 e. The van der Waals surface area contributed by atoms with Crippen molar-refractivity contribution >= 4 is 11.8 Å². The van der Waals surface area contributed by atoms with Crippen LogP contribution in [0.15, 0.2) is 6.07 Å². The van der Waals surface area contributed by atoms with Crippen LogP contribution in [0.2, 0.25) is 0 Å². The molecule has 0 amide bonds. The number of anilines is 2. The lowest BCUT2D eigenvalue weighted by molar-refractivity contribution is -0.141. The van der Waals surface area contributed by atoms with Crippen LogP contribution in [-0.2, 0) is 6.18 Å². The van der Waals surface area contributed by atoms with Crippen molar-refractivity contribution in [2.45, 2.75) is 33.9 Å². The maximum atomic E-state index is 12.9. The molecule has 0 saturated heterocycles. The minimum atomic E-state index is -4.48. The van der Waals surface area contributed by atoms with Crippen LogP contribution in [0.4, 0.5) is 24.9 Å². The summed E-state index contributed by atoms with van der Waals surface area (Å²) in [6.07, 6.45) is -4.48. The van der Waals surface area contributed by atoms with Gasteiger partial charge in [0, 0.05) is 26.2 Å². The number of nitrogens with zero attached hydrogens (tertiary/aromatic N) is 3. The molecule has 120 valence electrons. The van der Waals surface area contributed by atoms with Gasteiger partial charge in [0.25, 0.3) is 0 Å². The van der Waals surface area contributed by atoms with Crippen LogP contribution in [-0.4, -0.2) is 30.1 Å². The van der Waals surface area contributed by atoms with Crippen LogP contribution in [0.1, 0.15) is 33.4 Å². The lowest BCUT2D eigenvalue weighted by atomic mass is 10.1. The fourth-order valence-corrected chi connectivity index (χ4v) is 2.00. The van der Waals surface area contributed by atoms with E-state index in [0.717, 1.165) is 6.07 Å². The third kappa shape index (κ3) is 5.40. The highest BCUT2D eigenvalue weighted by Gasteiger charge is 2.34. The average molecular weight is 304 g/mol. The first-order valence-corrected chi connectivity index (χ1v) is 7.02. The Morgan fingerprint density at radius 1 is 1.10 bits per heavy atom. The molecule has 21 heavy (non-hydrogen) atoms. The first-order chi connectivity index (χ1) is 9.63. The molecule has 0 aliphatic heterocycles. The Kier molecular flexibility index (Phi) is 5.80. The fourth-order valence-electron chi connectivity index (χ4n) is 2.00. The van der Waals surface area contributed by atoms with Gasteiger partial charge in [-0.2, -0.15) is 18.2 Å². The van der Waals surface area contributed by atoms with Gasteiger partial charge in [-0.25, -0.2) is 4.98 Å². The number of rotatable bonds is 6. The summed E-state index contributed by atoms with van der Waals surface area (Å²) in [5.41, 5.74) is -0.922. The second kappa shape index (κ2) is 6.95. The highest BCUT2D eigenvalue weighted by molar-refractivity contribution is 5.45. The SMILES string of the molecule is CNc1nc(N(CC(C)C)CC(C)C)cc(C(F)(F)F)n1. The van der Waals surface area contributed by atoms with Gasteiger partial charge in [-0.1, -0.05) is 27.7 Å². The second-order valence-corrected chi connectivity index (χ2v) is 5.88. The molecule has 0 bridgehead atoms. The van der Waals surface area contributed by atoms with Gasteiger partial charge < -0.3 is 10.2 Å². The van der Waals surface area contributed by atoms with Gasteiger partial charge in [0.05, 0.1) is 0 Å². The van der Waals surface area contributed by atoms with E-state index in [1.54, 1.807) is 0 Å². The van der Waals surface area contributed by atoms with E-state index in [9.17, 15) is 13.2 Å². The van der Waals surface area contributed by atoms with Gasteiger partial charge in [0.2, 0.25) is 5.95 Å².